The number of carbonyl (C=O) groups excluding carboxylic acids is 2. The lowest BCUT2D eigenvalue weighted by Gasteiger charge is -2.20. The van der Waals surface area contributed by atoms with Crippen LogP contribution in [0.1, 0.15) is 18.5 Å². The molecule has 1 unspecified atom stereocenters. The Balaban J connectivity index is 2.61. The summed E-state index contributed by atoms with van der Waals surface area (Å²) in [6, 6.07) is -1.23. The van der Waals surface area contributed by atoms with Crippen molar-refractivity contribution >= 4 is 23.9 Å². The fraction of sp³-hybridized carbons (Fsp3) is 0.417. The first-order chi connectivity index (χ1) is 10.6. The van der Waals surface area contributed by atoms with Crippen LogP contribution in [0.15, 0.2) is 12.5 Å². The number of aliphatic carboxylic acids is 2. The van der Waals surface area contributed by atoms with E-state index in [-0.39, 0.29) is 6.42 Å². The van der Waals surface area contributed by atoms with Crippen LogP contribution in [0.25, 0.3) is 0 Å². The smallest absolute Gasteiger partial charge is 0.336 e. The summed E-state index contributed by atoms with van der Waals surface area (Å²) in [5.74, 6) is -6.11. The zero-order valence-electron chi connectivity index (χ0n) is 11.8. The predicted octanol–water partition coefficient (Wildman–Crippen LogP) is -1.97. The first-order valence-electron chi connectivity index (χ1n) is 6.29. The Labute approximate surface area is 129 Å². The van der Waals surface area contributed by atoms with Crippen LogP contribution in [0, 0.1) is 0 Å². The molecule has 0 radical (unpaired) electrons. The Morgan fingerprint density at radius 3 is 2.43 bits per heavy atom. The number of carboxylic acids is 2. The van der Waals surface area contributed by atoms with Crippen LogP contribution in [0.3, 0.4) is 0 Å². The Morgan fingerprint density at radius 1 is 1.30 bits per heavy atom. The summed E-state index contributed by atoms with van der Waals surface area (Å²) < 4.78 is 4.33. The molecular formula is C12H15N3O8. The van der Waals surface area contributed by atoms with Gasteiger partial charge < -0.3 is 30.8 Å². The van der Waals surface area contributed by atoms with Crippen molar-refractivity contribution in [2.75, 3.05) is 0 Å². The zero-order valence-corrected chi connectivity index (χ0v) is 11.8. The summed E-state index contributed by atoms with van der Waals surface area (Å²) >= 11 is 0. The molecule has 11 heteroatoms. The first-order valence-corrected chi connectivity index (χ1v) is 6.29. The number of carboxylic acid groups (broad SMARTS) is 2. The Bertz CT molecular complexity index is 599. The number of hydrogen-bond donors (Lipinski definition) is 5. The van der Waals surface area contributed by atoms with E-state index in [0.717, 1.165) is 0 Å². The molecule has 0 aliphatic heterocycles. The van der Waals surface area contributed by atoms with E-state index >= 15 is 0 Å². The predicted molar refractivity (Wildman–Crippen MR) is 70.8 cm³/mol. The molecule has 0 saturated heterocycles. The molecule has 126 valence electrons. The molecule has 0 aliphatic rings. The van der Waals surface area contributed by atoms with E-state index in [4.69, 9.17) is 15.9 Å². The van der Waals surface area contributed by atoms with Gasteiger partial charge in [-0.3, -0.25) is 9.59 Å². The highest BCUT2D eigenvalue weighted by atomic mass is 16.6. The summed E-state index contributed by atoms with van der Waals surface area (Å²) in [6.07, 6.45) is 0.315. The van der Waals surface area contributed by atoms with Gasteiger partial charge in [0.05, 0.1) is 19.2 Å². The van der Waals surface area contributed by atoms with E-state index in [1.807, 2.05) is 0 Å². The third-order valence-electron chi connectivity index (χ3n) is 2.79. The maximum atomic E-state index is 11.6. The van der Waals surface area contributed by atoms with Crippen molar-refractivity contribution in [1.82, 2.24) is 9.97 Å². The molecule has 0 amide bonds. The topological polar surface area (TPSA) is 193 Å². The maximum absolute atomic E-state index is 11.6. The quantitative estimate of drug-likeness (QED) is 0.264. The third-order valence-corrected chi connectivity index (χ3v) is 2.79. The molecule has 0 aliphatic carbocycles. The van der Waals surface area contributed by atoms with Gasteiger partial charge in [-0.15, -0.1) is 0 Å². The van der Waals surface area contributed by atoms with Crippen molar-refractivity contribution < 1.29 is 39.2 Å². The largest absolute Gasteiger partial charge is 0.481 e. The van der Waals surface area contributed by atoms with Crippen molar-refractivity contribution in [2.45, 2.75) is 30.9 Å². The van der Waals surface area contributed by atoms with Crippen LogP contribution < -0.4 is 5.73 Å². The number of aromatic nitrogens is 2. The molecule has 1 heterocycles. The lowest BCUT2D eigenvalue weighted by atomic mass is 9.96. The second kappa shape index (κ2) is 7.47. The lowest BCUT2D eigenvalue weighted by molar-refractivity contribution is -0.174. The average Bonchev–Trinajstić information content (AvgIpc) is 2.89. The van der Waals surface area contributed by atoms with Crippen molar-refractivity contribution in [3.63, 3.8) is 0 Å². The maximum Gasteiger partial charge on any atom is 0.336 e. The molecule has 0 saturated carbocycles. The van der Waals surface area contributed by atoms with E-state index in [1.165, 1.54) is 12.5 Å². The molecule has 0 bridgehead atoms. The lowest BCUT2D eigenvalue weighted by Crippen LogP contribution is -2.44. The zero-order chi connectivity index (χ0) is 17.6. The molecule has 23 heavy (non-hydrogen) atoms. The fourth-order valence-corrected chi connectivity index (χ4v) is 1.64. The fourth-order valence-electron chi connectivity index (χ4n) is 1.64. The molecule has 11 nitrogen and oxygen atoms in total. The minimum Gasteiger partial charge on any atom is -0.481 e. The number of ether oxygens (including phenoxy) is 1. The molecule has 1 aromatic heterocycles. The van der Waals surface area contributed by atoms with Gasteiger partial charge in [-0.1, -0.05) is 0 Å². The van der Waals surface area contributed by atoms with Gasteiger partial charge in [0.25, 0.3) is 0 Å². The SMILES string of the molecule is N[C@@H](Cc1cnc[nH]1)C(=O)OC(=O)CC(O)(CC(=O)O)C(=O)O. The number of carbonyl (C=O) groups is 4. The number of nitrogens with one attached hydrogen (secondary N) is 1. The monoisotopic (exact) mass is 329 g/mol. The summed E-state index contributed by atoms with van der Waals surface area (Å²) in [7, 11) is 0. The van der Waals surface area contributed by atoms with Crippen molar-refractivity contribution in [3.05, 3.63) is 18.2 Å². The van der Waals surface area contributed by atoms with Crippen LogP contribution in [0.2, 0.25) is 0 Å². The van der Waals surface area contributed by atoms with Gasteiger partial charge in [-0.25, -0.2) is 14.6 Å². The normalized spacial score (nSPS) is 14.5. The van der Waals surface area contributed by atoms with Gasteiger partial charge in [0.2, 0.25) is 0 Å². The molecule has 6 N–H and O–H groups in total. The van der Waals surface area contributed by atoms with Gasteiger partial charge in [-0.2, -0.15) is 0 Å². The van der Waals surface area contributed by atoms with E-state index in [9.17, 15) is 24.3 Å². The summed E-state index contributed by atoms with van der Waals surface area (Å²) in [5.41, 5.74) is 3.14. The minimum atomic E-state index is -2.88. The van der Waals surface area contributed by atoms with Crippen LogP contribution in [-0.4, -0.2) is 60.8 Å². The highest BCUT2D eigenvalue weighted by molar-refractivity contribution is 5.93. The summed E-state index contributed by atoms with van der Waals surface area (Å²) in [4.78, 5) is 50.9. The molecule has 2 atom stereocenters. The van der Waals surface area contributed by atoms with Crippen LogP contribution in [0.5, 0.6) is 0 Å². The summed E-state index contributed by atoms with van der Waals surface area (Å²) in [5, 5.41) is 27.0. The van der Waals surface area contributed by atoms with Gasteiger partial charge in [0.15, 0.2) is 5.60 Å². The van der Waals surface area contributed by atoms with Crippen LogP contribution >= 0.6 is 0 Å². The van der Waals surface area contributed by atoms with E-state index in [0.29, 0.717) is 5.69 Å². The second-order valence-electron chi connectivity index (χ2n) is 4.76. The Hall–Kier alpha value is -2.79. The molecule has 0 fully saturated rings. The standard InChI is InChI=1S/C12H15N3O8/c13-7(1-6-4-14-5-15-6)10(19)23-9(18)3-12(22,11(20)21)2-8(16)17/h4-5,7,22H,1-3,13H2,(H,14,15)(H,16,17)(H,20,21)/t7-,12?/m0/s1. The molecular weight excluding hydrogens is 314 g/mol. The number of esters is 2. The number of hydrogen-bond acceptors (Lipinski definition) is 8. The van der Waals surface area contributed by atoms with Crippen LogP contribution in [0.4, 0.5) is 0 Å². The highest BCUT2D eigenvalue weighted by Crippen LogP contribution is 2.17. The molecule has 1 rings (SSSR count). The van der Waals surface area contributed by atoms with Crippen molar-refractivity contribution in [1.29, 1.82) is 0 Å². The number of nitrogens with zero attached hydrogens (tertiary/aromatic N) is 1. The number of rotatable bonds is 8. The first kappa shape index (κ1) is 18.3. The number of aromatic amines is 1. The molecule has 0 aromatic carbocycles. The van der Waals surface area contributed by atoms with Gasteiger partial charge in [0.1, 0.15) is 6.04 Å². The van der Waals surface area contributed by atoms with Gasteiger partial charge in [-0.05, 0) is 0 Å². The van der Waals surface area contributed by atoms with Crippen molar-refractivity contribution in [3.8, 4) is 0 Å². The minimum absolute atomic E-state index is 0.00949. The Kier molecular flexibility index (Phi) is 5.93. The van der Waals surface area contributed by atoms with E-state index in [1.54, 1.807) is 0 Å². The average molecular weight is 329 g/mol. The second-order valence-corrected chi connectivity index (χ2v) is 4.76. The number of aliphatic hydroxyl groups is 1. The van der Waals surface area contributed by atoms with Gasteiger partial charge in [0, 0.05) is 18.3 Å². The van der Waals surface area contributed by atoms with E-state index < -0.39 is 48.4 Å². The highest BCUT2D eigenvalue weighted by Gasteiger charge is 2.42. The van der Waals surface area contributed by atoms with Crippen LogP contribution in [-0.2, 0) is 30.3 Å². The number of imidazole rings is 1. The van der Waals surface area contributed by atoms with Crippen molar-refractivity contribution in [2.24, 2.45) is 5.73 Å². The summed E-state index contributed by atoms with van der Waals surface area (Å²) in [6.45, 7) is 0. The molecule has 1 aromatic rings. The molecule has 0 spiro atoms. The van der Waals surface area contributed by atoms with E-state index in [2.05, 4.69) is 14.7 Å². The van der Waals surface area contributed by atoms with Gasteiger partial charge >= 0.3 is 23.9 Å². The number of H-pyrrole nitrogens is 1. The number of nitrogens with two attached hydrogens (primary N) is 1. The Morgan fingerprint density at radius 2 is 1.96 bits per heavy atom. The third kappa shape index (κ3) is 5.48.